The summed E-state index contributed by atoms with van der Waals surface area (Å²) >= 11 is 4.72. The molecule has 2 nitrogen and oxygen atoms in total. The van der Waals surface area contributed by atoms with Crippen LogP contribution in [0.25, 0.3) is 0 Å². The number of hydrogen-bond acceptors (Lipinski definition) is 2. The van der Waals surface area contributed by atoms with E-state index in [1.54, 1.807) is 14.0 Å². The Morgan fingerprint density at radius 2 is 1.88 bits per heavy atom. The van der Waals surface area contributed by atoms with Crippen molar-refractivity contribution in [3.8, 4) is 0 Å². The third kappa shape index (κ3) is 4.43. The standard InChI is InChI=1S/C5H11O2S/c1-4(6-3)7-5(2)8/h4-5H,1-3H3. The van der Waals surface area contributed by atoms with Crippen LogP contribution < -0.4 is 0 Å². The lowest BCUT2D eigenvalue weighted by Crippen LogP contribution is -2.13. The van der Waals surface area contributed by atoms with Gasteiger partial charge in [0, 0.05) is 7.11 Å². The number of methoxy groups -OCH3 is 1. The Hall–Kier alpha value is 0.270. The molecule has 49 valence electrons. The van der Waals surface area contributed by atoms with E-state index in [0.29, 0.717) is 0 Å². The van der Waals surface area contributed by atoms with Gasteiger partial charge in [-0.15, -0.1) is 0 Å². The summed E-state index contributed by atoms with van der Waals surface area (Å²) in [4.78, 5) is 0. The Balaban J connectivity index is 3.10. The Morgan fingerprint density at radius 1 is 1.38 bits per heavy atom. The number of rotatable bonds is 3. The Morgan fingerprint density at radius 3 is 2.00 bits per heavy atom. The quantitative estimate of drug-likeness (QED) is 0.546. The molecule has 0 aliphatic heterocycles. The second-order valence-corrected chi connectivity index (χ2v) is 2.17. The van der Waals surface area contributed by atoms with Gasteiger partial charge in [-0.05, 0) is 13.8 Å². The van der Waals surface area contributed by atoms with Crippen LogP contribution in [0.4, 0.5) is 0 Å². The van der Waals surface area contributed by atoms with Crippen molar-refractivity contribution in [3.63, 3.8) is 0 Å². The molecule has 0 bridgehead atoms. The Labute approximate surface area is 55.6 Å². The highest BCUT2D eigenvalue weighted by atomic mass is 32.1. The normalized spacial score (nSPS) is 18.0. The van der Waals surface area contributed by atoms with Crippen molar-refractivity contribution in [1.29, 1.82) is 0 Å². The first kappa shape index (κ1) is 8.27. The lowest BCUT2D eigenvalue weighted by Gasteiger charge is -2.11. The predicted octanol–water partition coefficient (Wildman–Crippen LogP) is 1.54. The third-order valence-electron chi connectivity index (χ3n) is 0.715. The van der Waals surface area contributed by atoms with Crippen molar-refractivity contribution in [2.75, 3.05) is 7.11 Å². The van der Waals surface area contributed by atoms with Gasteiger partial charge in [-0.2, -0.15) is 0 Å². The highest BCUT2D eigenvalue weighted by Gasteiger charge is 2.00. The van der Waals surface area contributed by atoms with Crippen molar-refractivity contribution in [3.05, 3.63) is 0 Å². The molecule has 8 heavy (non-hydrogen) atoms. The first-order valence-corrected chi connectivity index (χ1v) is 2.98. The number of hydrogen-bond donors (Lipinski definition) is 0. The maximum Gasteiger partial charge on any atom is 0.155 e. The van der Waals surface area contributed by atoms with Crippen molar-refractivity contribution in [2.24, 2.45) is 0 Å². The zero-order valence-corrected chi connectivity index (χ0v) is 6.20. The molecule has 0 aromatic rings. The monoisotopic (exact) mass is 135 g/mol. The van der Waals surface area contributed by atoms with Gasteiger partial charge in [0.2, 0.25) is 0 Å². The summed E-state index contributed by atoms with van der Waals surface area (Å²) < 4.78 is 9.76. The first-order chi connectivity index (χ1) is 3.66. The summed E-state index contributed by atoms with van der Waals surface area (Å²) in [5.41, 5.74) is -0.162. The highest BCUT2D eigenvalue weighted by Crippen LogP contribution is 2.00. The fraction of sp³-hybridized carbons (Fsp3) is 1.00. The van der Waals surface area contributed by atoms with Gasteiger partial charge in [0.25, 0.3) is 0 Å². The minimum atomic E-state index is -0.178. The van der Waals surface area contributed by atoms with Crippen LogP contribution in [0.5, 0.6) is 0 Å². The fourth-order valence-corrected chi connectivity index (χ4v) is 0.482. The predicted molar refractivity (Wildman–Crippen MR) is 34.6 cm³/mol. The maximum atomic E-state index is 4.99. The molecule has 0 heterocycles. The van der Waals surface area contributed by atoms with E-state index in [9.17, 15) is 0 Å². The van der Waals surface area contributed by atoms with Crippen LogP contribution in [-0.2, 0) is 9.47 Å². The molecule has 0 amide bonds. The molecule has 0 rings (SSSR count). The van der Waals surface area contributed by atoms with Gasteiger partial charge in [-0.1, -0.05) is 12.6 Å². The molecule has 2 atom stereocenters. The summed E-state index contributed by atoms with van der Waals surface area (Å²) in [6.07, 6.45) is -0.178. The van der Waals surface area contributed by atoms with Crippen LogP contribution in [0.3, 0.4) is 0 Å². The van der Waals surface area contributed by atoms with Crippen LogP contribution >= 0.6 is 12.6 Å². The van der Waals surface area contributed by atoms with Gasteiger partial charge in [-0.3, -0.25) is 0 Å². The molecular formula is C5H11O2S. The third-order valence-corrected chi connectivity index (χ3v) is 0.826. The molecule has 0 spiro atoms. The van der Waals surface area contributed by atoms with Gasteiger partial charge in [0.15, 0.2) is 6.29 Å². The zero-order valence-electron chi connectivity index (χ0n) is 5.38. The van der Waals surface area contributed by atoms with Gasteiger partial charge < -0.3 is 9.47 Å². The molecule has 3 heteroatoms. The lowest BCUT2D eigenvalue weighted by molar-refractivity contribution is -0.115. The average Bonchev–Trinajstić information content (AvgIpc) is 1.65. The van der Waals surface area contributed by atoms with Gasteiger partial charge in [0.1, 0.15) is 5.44 Å². The van der Waals surface area contributed by atoms with E-state index >= 15 is 0 Å². The maximum absolute atomic E-state index is 4.99. The SMILES string of the molecule is COC(C)OC(C)[S]. The van der Waals surface area contributed by atoms with Gasteiger partial charge in [-0.25, -0.2) is 0 Å². The summed E-state index contributed by atoms with van der Waals surface area (Å²) in [7, 11) is 1.59. The minimum absolute atomic E-state index is 0.162. The van der Waals surface area contributed by atoms with E-state index in [1.165, 1.54) is 0 Å². The molecule has 0 aliphatic carbocycles. The summed E-state index contributed by atoms with van der Waals surface area (Å²) in [5.74, 6) is 0. The van der Waals surface area contributed by atoms with Gasteiger partial charge in [0.05, 0.1) is 0 Å². The summed E-state index contributed by atoms with van der Waals surface area (Å²) in [6, 6.07) is 0. The smallest absolute Gasteiger partial charge is 0.155 e. The molecule has 0 aromatic carbocycles. The van der Waals surface area contributed by atoms with Crippen molar-refractivity contribution < 1.29 is 9.47 Å². The molecule has 0 fully saturated rings. The summed E-state index contributed by atoms with van der Waals surface area (Å²) in [5, 5.41) is 0. The second-order valence-electron chi connectivity index (χ2n) is 1.51. The molecule has 0 saturated carbocycles. The van der Waals surface area contributed by atoms with Crippen LogP contribution in [-0.4, -0.2) is 18.8 Å². The molecule has 0 aromatic heterocycles. The number of ether oxygens (including phenoxy) is 2. The molecule has 0 N–H and O–H groups in total. The van der Waals surface area contributed by atoms with Crippen molar-refractivity contribution in [1.82, 2.24) is 0 Å². The highest BCUT2D eigenvalue weighted by molar-refractivity contribution is 7.80. The summed E-state index contributed by atoms with van der Waals surface area (Å²) in [6.45, 7) is 3.60. The van der Waals surface area contributed by atoms with Gasteiger partial charge >= 0.3 is 0 Å². The lowest BCUT2D eigenvalue weighted by atomic mass is 10.7. The second kappa shape index (κ2) is 4.18. The largest absolute Gasteiger partial charge is 0.356 e. The van der Waals surface area contributed by atoms with E-state index in [-0.39, 0.29) is 11.7 Å². The topological polar surface area (TPSA) is 18.5 Å². The van der Waals surface area contributed by atoms with E-state index in [1.807, 2.05) is 6.92 Å². The van der Waals surface area contributed by atoms with Crippen molar-refractivity contribution in [2.45, 2.75) is 25.6 Å². The molecular weight excluding hydrogens is 124 g/mol. The van der Waals surface area contributed by atoms with Crippen LogP contribution in [0, 0.1) is 0 Å². The van der Waals surface area contributed by atoms with E-state index in [2.05, 4.69) is 0 Å². The Bertz CT molecular complexity index is 56.4. The molecule has 2 unspecified atom stereocenters. The van der Waals surface area contributed by atoms with E-state index < -0.39 is 0 Å². The van der Waals surface area contributed by atoms with Crippen LogP contribution in [0.2, 0.25) is 0 Å². The molecule has 0 aliphatic rings. The van der Waals surface area contributed by atoms with E-state index in [4.69, 9.17) is 22.1 Å². The van der Waals surface area contributed by atoms with Crippen LogP contribution in [0.1, 0.15) is 13.8 Å². The fourth-order valence-electron chi connectivity index (χ4n) is 0.325. The molecule has 1 radical (unpaired) electrons. The zero-order chi connectivity index (χ0) is 6.57. The van der Waals surface area contributed by atoms with Crippen molar-refractivity contribution >= 4 is 12.6 Å². The molecule has 0 saturated heterocycles. The average molecular weight is 135 g/mol. The Kier molecular flexibility index (Phi) is 4.32. The first-order valence-electron chi connectivity index (χ1n) is 2.51. The minimum Gasteiger partial charge on any atom is -0.356 e. The van der Waals surface area contributed by atoms with Crippen LogP contribution in [0.15, 0.2) is 0 Å². The van der Waals surface area contributed by atoms with E-state index in [0.717, 1.165) is 0 Å².